The summed E-state index contributed by atoms with van der Waals surface area (Å²) in [6.45, 7) is 0. The van der Waals surface area contributed by atoms with Crippen LogP contribution in [-0.4, -0.2) is 16.1 Å². The van der Waals surface area contributed by atoms with Crippen molar-refractivity contribution in [1.29, 1.82) is 0 Å². The molecular weight excluding hydrogens is 172 g/mol. The highest BCUT2D eigenvalue weighted by Gasteiger charge is 2.44. The minimum Gasteiger partial charge on any atom is -0.390 e. The van der Waals surface area contributed by atoms with Crippen molar-refractivity contribution in [3.63, 3.8) is 0 Å². The van der Waals surface area contributed by atoms with Gasteiger partial charge in [0.1, 0.15) is 0 Å². The van der Waals surface area contributed by atoms with Crippen LogP contribution in [0.3, 0.4) is 0 Å². The van der Waals surface area contributed by atoms with Crippen molar-refractivity contribution in [2.75, 3.05) is 0 Å². The Morgan fingerprint density at radius 3 is 2.58 bits per heavy atom. The van der Waals surface area contributed by atoms with Gasteiger partial charge >= 0.3 is 0 Å². The zero-order chi connectivity index (χ0) is 8.60. The monoisotopic (exact) mass is 188 g/mol. The third-order valence-corrected chi connectivity index (χ3v) is 4.11. The maximum atomic E-state index is 10.3. The maximum absolute atomic E-state index is 10.3. The first-order valence-electron chi connectivity index (χ1n) is 5.09. The lowest BCUT2D eigenvalue weighted by molar-refractivity contribution is -0.0724. The molecule has 2 fully saturated rings. The smallest absolute Gasteiger partial charge is 0.0689 e. The summed E-state index contributed by atoms with van der Waals surface area (Å²) in [5, 5.41) is 10.5. The summed E-state index contributed by atoms with van der Waals surface area (Å²) < 4.78 is 0. The molecule has 0 unspecified atom stereocenters. The highest BCUT2D eigenvalue weighted by Crippen LogP contribution is 2.45. The highest BCUT2D eigenvalue weighted by atomic mass is 35.5. The molecule has 2 rings (SSSR count). The molecule has 0 spiro atoms. The molecule has 2 saturated carbocycles. The number of hydrogen-bond acceptors (Lipinski definition) is 1. The predicted octanol–water partition coefficient (Wildman–Crippen LogP) is 2.70. The van der Waals surface area contributed by atoms with Crippen LogP contribution in [0.5, 0.6) is 0 Å². The predicted molar refractivity (Wildman–Crippen MR) is 50.4 cm³/mol. The van der Waals surface area contributed by atoms with Gasteiger partial charge in [0.25, 0.3) is 0 Å². The summed E-state index contributed by atoms with van der Waals surface area (Å²) in [6, 6.07) is 0. The Morgan fingerprint density at radius 1 is 1.08 bits per heavy atom. The Kier molecular flexibility index (Phi) is 2.35. The first-order chi connectivity index (χ1) is 5.72. The molecule has 1 nitrogen and oxygen atoms in total. The molecule has 0 aromatic heterocycles. The van der Waals surface area contributed by atoms with Gasteiger partial charge in [-0.2, -0.15) is 0 Å². The van der Waals surface area contributed by atoms with Crippen molar-refractivity contribution in [3.05, 3.63) is 0 Å². The van der Waals surface area contributed by atoms with Gasteiger partial charge < -0.3 is 5.11 Å². The van der Waals surface area contributed by atoms with Crippen LogP contribution >= 0.6 is 11.6 Å². The van der Waals surface area contributed by atoms with Crippen molar-refractivity contribution in [2.24, 2.45) is 5.92 Å². The van der Waals surface area contributed by atoms with E-state index in [4.69, 9.17) is 11.6 Å². The molecule has 12 heavy (non-hydrogen) atoms. The molecule has 0 radical (unpaired) electrons. The number of halogens is 1. The molecular formula is C10H17ClO. The number of rotatable bonds is 0. The Balaban J connectivity index is 2.12. The maximum Gasteiger partial charge on any atom is 0.0689 e. The topological polar surface area (TPSA) is 20.2 Å². The van der Waals surface area contributed by atoms with Crippen LogP contribution in [0.2, 0.25) is 0 Å². The fourth-order valence-corrected chi connectivity index (χ4v) is 3.40. The number of fused-ring (bicyclic) bond motifs is 1. The molecule has 0 heterocycles. The lowest BCUT2D eigenvalue weighted by Crippen LogP contribution is -2.47. The molecule has 0 aromatic carbocycles. The average Bonchev–Trinajstić information content (AvgIpc) is 2.04. The zero-order valence-corrected chi connectivity index (χ0v) is 8.19. The quantitative estimate of drug-likeness (QED) is 0.580. The molecule has 2 aliphatic rings. The first-order valence-corrected chi connectivity index (χ1v) is 5.52. The molecule has 0 amide bonds. The summed E-state index contributed by atoms with van der Waals surface area (Å²) in [7, 11) is 0. The Bertz CT molecular complexity index is 167. The van der Waals surface area contributed by atoms with Gasteiger partial charge in [-0.1, -0.05) is 12.8 Å². The van der Waals surface area contributed by atoms with Gasteiger partial charge in [-0.15, -0.1) is 11.6 Å². The molecule has 0 bridgehead atoms. The molecule has 3 atom stereocenters. The second-order valence-corrected chi connectivity index (χ2v) is 4.92. The van der Waals surface area contributed by atoms with E-state index in [0.717, 1.165) is 32.1 Å². The summed E-state index contributed by atoms with van der Waals surface area (Å²) in [5.74, 6) is 0.390. The molecule has 2 aliphatic carbocycles. The van der Waals surface area contributed by atoms with Crippen LogP contribution in [0.4, 0.5) is 0 Å². The van der Waals surface area contributed by atoms with Crippen LogP contribution in [0.1, 0.15) is 44.9 Å². The van der Waals surface area contributed by atoms with E-state index in [1.54, 1.807) is 0 Å². The number of alkyl halides is 1. The van der Waals surface area contributed by atoms with Crippen molar-refractivity contribution in [1.82, 2.24) is 0 Å². The second-order valence-electron chi connectivity index (χ2n) is 4.36. The van der Waals surface area contributed by atoms with Crippen molar-refractivity contribution < 1.29 is 5.11 Å². The second kappa shape index (κ2) is 3.19. The van der Waals surface area contributed by atoms with Crippen molar-refractivity contribution in [3.8, 4) is 0 Å². The van der Waals surface area contributed by atoms with Gasteiger partial charge in [0, 0.05) is 11.3 Å². The van der Waals surface area contributed by atoms with Gasteiger partial charge in [-0.25, -0.2) is 0 Å². The van der Waals surface area contributed by atoms with Crippen LogP contribution in [0, 0.1) is 5.92 Å². The van der Waals surface area contributed by atoms with E-state index in [1.165, 1.54) is 12.8 Å². The Labute approximate surface area is 79.1 Å². The SMILES string of the molecule is O[C@@]12CCCC[C@@H]1[C@@H](Cl)CCC2. The van der Waals surface area contributed by atoms with Gasteiger partial charge in [0.15, 0.2) is 0 Å². The highest BCUT2D eigenvalue weighted by molar-refractivity contribution is 6.20. The van der Waals surface area contributed by atoms with Crippen molar-refractivity contribution >= 4 is 11.6 Å². The number of hydrogen-bond donors (Lipinski definition) is 1. The third kappa shape index (κ3) is 1.38. The Hall–Kier alpha value is 0.250. The normalized spacial score (nSPS) is 48.5. The fraction of sp³-hybridized carbons (Fsp3) is 1.00. The van der Waals surface area contributed by atoms with Crippen LogP contribution in [0.15, 0.2) is 0 Å². The van der Waals surface area contributed by atoms with E-state index in [-0.39, 0.29) is 11.0 Å². The first kappa shape index (κ1) is 8.83. The zero-order valence-electron chi connectivity index (χ0n) is 7.43. The van der Waals surface area contributed by atoms with Gasteiger partial charge in [-0.3, -0.25) is 0 Å². The van der Waals surface area contributed by atoms with E-state index in [9.17, 15) is 5.11 Å². The molecule has 70 valence electrons. The molecule has 2 heteroatoms. The minimum atomic E-state index is -0.386. The van der Waals surface area contributed by atoms with Gasteiger partial charge in [0.05, 0.1) is 5.60 Å². The van der Waals surface area contributed by atoms with E-state index < -0.39 is 0 Å². The lowest BCUT2D eigenvalue weighted by atomic mass is 9.67. The molecule has 0 saturated heterocycles. The summed E-state index contributed by atoms with van der Waals surface area (Å²) in [4.78, 5) is 0. The lowest BCUT2D eigenvalue weighted by Gasteiger charge is -2.45. The third-order valence-electron chi connectivity index (χ3n) is 3.59. The molecule has 0 aliphatic heterocycles. The van der Waals surface area contributed by atoms with Crippen LogP contribution in [-0.2, 0) is 0 Å². The Morgan fingerprint density at radius 2 is 1.83 bits per heavy atom. The standard InChI is InChI=1S/C10H17ClO/c11-9-5-3-7-10(12)6-2-1-4-8(9)10/h8-9,12H,1-7H2/t8-,9+,10-/m1/s1. The minimum absolute atomic E-state index is 0.240. The summed E-state index contributed by atoms with van der Waals surface area (Å²) in [6.07, 6.45) is 7.79. The van der Waals surface area contributed by atoms with Gasteiger partial charge in [0.2, 0.25) is 0 Å². The van der Waals surface area contributed by atoms with Crippen LogP contribution < -0.4 is 0 Å². The van der Waals surface area contributed by atoms with E-state index in [1.807, 2.05) is 0 Å². The molecule has 1 N–H and O–H groups in total. The van der Waals surface area contributed by atoms with Gasteiger partial charge in [-0.05, 0) is 32.1 Å². The number of aliphatic hydroxyl groups is 1. The van der Waals surface area contributed by atoms with E-state index in [0.29, 0.717) is 5.92 Å². The van der Waals surface area contributed by atoms with Crippen molar-refractivity contribution in [2.45, 2.75) is 55.9 Å². The van der Waals surface area contributed by atoms with E-state index in [2.05, 4.69) is 0 Å². The average molecular weight is 189 g/mol. The largest absolute Gasteiger partial charge is 0.390 e. The van der Waals surface area contributed by atoms with E-state index >= 15 is 0 Å². The summed E-state index contributed by atoms with van der Waals surface area (Å²) >= 11 is 6.22. The summed E-state index contributed by atoms with van der Waals surface area (Å²) in [5.41, 5.74) is -0.386. The van der Waals surface area contributed by atoms with Crippen LogP contribution in [0.25, 0.3) is 0 Å². The fourth-order valence-electron chi connectivity index (χ4n) is 2.88. The molecule has 0 aromatic rings.